The molecule has 0 bridgehead atoms. The number of pyridine rings is 2. The van der Waals surface area contributed by atoms with Crippen LogP contribution in [0.15, 0.2) is 42.7 Å². The number of hydrogen-bond acceptors (Lipinski definition) is 3. The number of nitrogens with one attached hydrogen (secondary N) is 1. The van der Waals surface area contributed by atoms with Gasteiger partial charge in [0.15, 0.2) is 0 Å². The van der Waals surface area contributed by atoms with Crippen molar-refractivity contribution in [2.75, 3.05) is 5.32 Å². The third kappa shape index (κ3) is 2.75. The van der Waals surface area contributed by atoms with Crippen molar-refractivity contribution in [3.63, 3.8) is 0 Å². The molecule has 0 spiro atoms. The number of fused-ring (bicyclic) bond motifs is 1. The zero-order chi connectivity index (χ0) is 15.7. The standard InChI is InChI=1S/C16H11Cl2N3O/c1-9-11(7-10-8-19-6-5-14(10)20-9)16(22)21-15-12(17)3-2-4-13(15)18/h2-8H,1H3,(H,21,22). The molecule has 1 aromatic carbocycles. The van der Waals surface area contributed by atoms with Gasteiger partial charge in [0.1, 0.15) is 0 Å². The molecule has 0 atom stereocenters. The van der Waals surface area contributed by atoms with E-state index in [1.165, 1.54) is 0 Å². The molecule has 4 nitrogen and oxygen atoms in total. The van der Waals surface area contributed by atoms with Gasteiger partial charge in [-0.1, -0.05) is 29.3 Å². The minimum atomic E-state index is -0.314. The van der Waals surface area contributed by atoms with Crippen molar-refractivity contribution in [2.45, 2.75) is 6.92 Å². The number of carbonyl (C=O) groups is 1. The quantitative estimate of drug-likeness (QED) is 0.752. The van der Waals surface area contributed by atoms with Gasteiger partial charge in [-0.05, 0) is 31.2 Å². The molecule has 0 fully saturated rings. The van der Waals surface area contributed by atoms with Crippen LogP contribution in [0.3, 0.4) is 0 Å². The zero-order valence-electron chi connectivity index (χ0n) is 11.6. The summed E-state index contributed by atoms with van der Waals surface area (Å²) in [5.41, 5.74) is 2.26. The van der Waals surface area contributed by atoms with Gasteiger partial charge in [-0.2, -0.15) is 0 Å². The number of carbonyl (C=O) groups excluding carboxylic acids is 1. The number of anilines is 1. The highest BCUT2D eigenvalue weighted by atomic mass is 35.5. The Labute approximate surface area is 137 Å². The van der Waals surface area contributed by atoms with Gasteiger partial charge in [0.2, 0.25) is 0 Å². The SMILES string of the molecule is Cc1nc2ccncc2cc1C(=O)Nc1c(Cl)cccc1Cl. The molecule has 1 N–H and O–H groups in total. The smallest absolute Gasteiger partial charge is 0.257 e. The normalized spacial score (nSPS) is 10.7. The first-order valence-corrected chi connectivity index (χ1v) is 7.28. The Balaban J connectivity index is 2.00. The molecular formula is C16H11Cl2N3O. The van der Waals surface area contributed by atoms with E-state index in [4.69, 9.17) is 23.2 Å². The van der Waals surface area contributed by atoms with Gasteiger partial charge in [0, 0.05) is 17.8 Å². The Morgan fingerprint density at radius 1 is 1.18 bits per heavy atom. The van der Waals surface area contributed by atoms with Crippen molar-refractivity contribution >= 4 is 45.7 Å². The van der Waals surface area contributed by atoms with Crippen LogP contribution in [0, 0.1) is 6.92 Å². The predicted octanol–water partition coefficient (Wildman–Crippen LogP) is 4.50. The van der Waals surface area contributed by atoms with Crippen molar-refractivity contribution < 1.29 is 4.79 Å². The minimum Gasteiger partial charge on any atom is -0.319 e. The van der Waals surface area contributed by atoms with Crippen LogP contribution < -0.4 is 5.32 Å². The second kappa shape index (κ2) is 5.91. The molecular weight excluding hydrogens is 321 g/mol. The number of aryl methyl sites for hydroxylation is 1. The summed E-state index contributed by atoms with van der Waals surface area (Å²) in [4.78, 5) is 21.0. The highest BCUT2D eigenvalue weighted by Gasteiger charge is 2.15. The van der Waals surface area contributed by atoms with E-state index in [2.05, 4.69) is 15.3 Å². The predicted molar refractivity (Wildman–Crippen MR) is 88.7 cm³/mol. The molecule has 0 aliphatic heterocycles. The van der Waals surface area contributed by atoms with E-state index in [1.54, 1.807) is 49.6 Å². The van der Waals surface area contributed by atoms with Crippen LogP contribution in [0.2, 0.25) is 10.0 Å². The van der Waals surface area contributed by atoms with Crippen LogP contribution in [-0.2, 0) is 0 Å². The first-order chi connectivity index (χ1) is 10.6. The molecule has 3 aromatic rings. The van der Waals surface area contributed by atoms with Crippen LogP contribution in [-0.4, -0.2) is 15.9 Å². The average Bonchev–Trinajstić information content (AvgIpc) is 2.50. The minimum absolute atomic E-state index is 0.314. The summed E-state index contributed by atoms with van der Waals surface area (Å²) >= 11 is 12.1. The van der Waals surface area contributed by atoms with E-state index < -0.39 is 0 Å². The first-order valence-electron chi connectivity index (χ1n) is 6.53. The maximum atomic E-state index is 12.5. The molecule has 0 aliphatic carbocycles. The Bertz CT molecular complexity index is 860. The third-order valence-electron chi connectivity index (χ3n) is 3.25. The number of rotatable bonds is 2. The summed E-state index contributed by atoms with van der Waals surface area (Å²) < 4.78 is 0. The molecule has 1 amide bonds. The van der Waals surface area contributed by atoms with E-state index in [-0.39, 0.29) is 5.91 Å². The molecule has 0 unspecified atom stereocenters. The Morgan fingerprint density at radius 3 is 2.64 bits per heavy atom. The Morgan fingerprint density at radius 2 is 1.91 bits per heavy atom. The largest absolute Gasteiger partial charge is 0.319 e. The summed E-state index contributed by atoms with van der Waals surface area (Å²) in [6, 6.07) is 8.60. The monoisotopic (exact) mass is 331 g/mol. The highest BCUT2D eigenvalue weighted by Crippen LogP contribution is 2.30. The lowest BCUT2D eigenvalue weighted by Gasteiger charge is -2.11. The molecule has 110 valence electrons. The number of hydrogen-bond donors (Lipinski definition) is 1. The summed E-state index contributed by atoms with van der Waals surface area (Å²) in [6.45, 7) is 1.78. The number of para-hydroxylation sites is 1. The average molecular weight is 332 g/mol. The molecule has 0 aliphatic rings. The van der Waals surface area contributed by atoms with E-state index >= 15 is 0 Å². The zero-order valence-corrected chi connectivity index (χ0v) is 13.1. The fourth-order valence-corrected chi connectivity index (χ4v) is 2.63. The van der Waals surface area contributed by atoms with Crippen molar-refractivity contribution in [3.05, 3.63) is 64.0 Å². The van der Waals surface area contributed by atoms with E-state index in [1.807, 2.05) is 0 Å². The number of amides is 1. The lowest BCUT2D eigenvalue weighted by Crippen LogP contribution is -2.15. The molecule has 3 rings (SSSR count). The van der Waals surface area contributed by atoms with Crippen LogP contribution in [0.25, 0.3) is 10.9 Å². The van der Waals surface area contributed by atoms with Crippen molar-refractivity contribution in [1.29, 1.82) is 0 Å². The van der Waals surface area contributed by atoms with E-state index in [0.29, 0.717) is 27.0 Å². The maximum absolute atomic E-state index is 12.5. The van der Waals surface area contributed by atoms with Crippen LogP contribution in [0.1, 0.15) is 16.1 Å². The molecule has 0 saturated heterocycles. The molecule has 0 radical (unpaired) electrons. The van der Waals surface area contributed by atoms with Gasteiger partial charge < -0.3 is 5.32 Å². The summed E-state index contributed by atoms with van der Waals surface area (Å²) in [5, 5.41) is 4.30. The van der Waals surface area contributed by atoms with Gasteiger partial charge in [-0.15, -0.1) is 0 Å². The van der Waals surface area contributed by atoms with Gasteiger partial charge in [0.25, 0.3) is 5.91 Å². The second-order valence-electron chi connectivity index (χ2n) is 4.74. The number of benzene rings is 1. The first kappa shape index (κ1) is 14.8. The van der Waals surface area contributed by atoms with Crippen molar-refractivity contribution in [2.24, 2.45) is 0 Å². The highest BCUT2D eigenvalue weighted by molar-refractivity contribution is 6.40. The topological polar surface area (TPSA) is 54.9 Å². The number of nitrogens with zero attached hydrogens (tertiary/aromatic N) is 2. The van der Waals surface area contributed by atoms with Gasteiger partial charge in [-0.25, -0.2) is 0 Å². The Kier molecular flexibility index (Phi) is 3.96. The van der Waals surface area contributed by atoms with E-state index in [0.717, 1.165) is 10.9 Å². The summed E-state index contributed by atoms with van der Waals surface area (Å²) in [6.07, 6.45) is 3.33. The second-order valence-corrected chi connectivity index (χ2v) is 5.55. The van der Waals surface area contributed by atoms with Gasteiger partial charge in [-0.3, -0.25) is 14.8 Å². The molecule has 2 aromatic heterocycles. The Hall–Kier alpha value is -2.17. The van der Waals surface area contributed by atoms with Crippen LogP contribution >= 0.6 is 23.2 Å². The van der Waals surface area contributed by atoms with Crippen LogP contribution in [0.4, 0.5) is 5.69 Å². The summed E-state index contributed by atoms with van der Waals surface area (Å²) in [5.74, 6) is -0.314. The molecule has 0 saturated carbocycles. The third-order valence-corrected chi connectivity index (χ3v) is 3.88. The maximum Gasteiger partial charge on any atom is 0.257 e. The van der Waals surface area contributed by atoms with Crippen molar-refractivity contribution in [3.8, 4) is 0 Å². The number of halogens is 2. The lowest BCUT2D eigenvalue weighted by atomic mass is 10.1. The van der Waals surface area contributed by atoms with Gasteiger partial charge in [0.05, 0.1) is 32.5 Å². The molecule has 22 heavy (non-hydrogen) atoms. The van der Waals surface area contributed by atoms with E-state index in [9.17, 15) is 4.79 Å². The molecule has 6 heteroatoms. The van der Waals surface area contributed by atoms with Crippen molar-refractivity contribution in [1.82, 2.24) is 9.97 Å². The molecule has 2 heterocycles. The fourth-order valence-electron chi connectivity index (χ4n) is 2.14. The number of aromatic nitrogens is 2. The fraction of sp³-hybridized carbons (Fsp3) is 0.0625. The lowest BCUT2D eigenvalue weighted by molar-refractivity contribution is 0.102. The van der Waals surface area contributed by atoms with Gasteiger partial charge >= 0.3 is 0 Å². The summed E-state index contributed by atoms with van der Waals surface area (Å²) in [7, 11) is 0. The van der Waals surface area contributed by atoms with Crippen LogP contribution in [0.5, 0.6) is 0 Å².